The Hall–Kier alpha value is -0.610. The van der Waals surface area contributed by atoms with Crippen molar-refractivity contribution in [3.05, 3.63) is 0 Å². The summed E-state index contributed by atoms with van der Waals surface area (Å²) in [6, 6.07) is 0.379. The van der Waals surface area contributed by atoms with Gasteiger partial charge in [0.1, 0.15) is 0 Å². The van der Waals surface area contributed by atoms with Crippen LogP contribution in [0, 0.1) is 0 Å². The van der Waals surface area contributed by atoms with Crippen LogP contribution in [0.3, 0.4) is 0 Å². The number of nitrogens with zero attached hydrogens (tertiary/aromatic N) is 1. The first-order valence-corrected chi connectivity index (χ1v) is 5.66. The van der Waals surface area contributed by atoms with E-state index in [2.05, 4.69) is 12.2 Å². The van der Waals surface area contributed by atoms with Gasteiger partial charge in [0.15, 0.2) is 0 Å². The van der Waals surface area contributed by atoms with E-state index in [9.17, 15) is 4.79 Å². The third-order valence-corrected chi connectivity index (χ3v) is 2.47. The van der Waals surface area contributed by atoms with Gasteiger partial charge in [-0.2, -0.15) is 0 Å². The second-order valence-corrected chi connectivity index (χ2v) is 3.96. The molecule has 15 heavy (non-hydrogen) atoms. The van der Waals surface area contributed by atoms with E-state index in [0.717, 1.165) is 25.8 Å². The Morgan fingerprint density at radius 3 is 2.60 bits per heavy atom. The molecule has 0 radical (unpaired) electrons. The normalized spacial score (nSPS) is 12.5. The summed E-state index contributed by atoms with van der Waals surface area (Å²) in [7, 11) is 3.55. The molecule has 0 fully saturated rings. The van der Waals surface area contributed by atoms with Crippen molar-refractivity contribution in [2.45, 2.75) is 38.6 Å². The van der Waals surface area contributed by atoms with Gasteiger partial charge in [0.25, 0.3) is 0 Å². The molecule has 0 aliphatic heterocycles. The Labute approximate surface area is 92.7 Å². The molecule has 0 saturated heterocycles. The highest BCUT2D eigenvalue weighted by Gasteiger charge is 2.06. The van der Waals surface area contributed by atoms with Crippen LogP contribution >= 0.6 is 0 Å². The van der Waals surface area contributed by atoms with Crippen LogP contribution in [0.5, 0.6) is 0 Å². The zero-order chi connectivity index (χ0) is 11.7. The lowest BCUT2D eigenvalue weighted by molar-refractivity contribution is -0.128. The molecule has 0 bridgehead atoms. The molecule has 4 nitrogen and oxygen atoms in total. The quantitative estimate of drug-likeness (QED) is 0.584. The Kier molecular flexibility index (Phi) is 8.33. The van der Waals surface area contributed by atoms with Crippen LogP contribution < -0.4 is 5.32 Å². The van der Waals surface area contributed by atoms with Crippen LogP contribution in [-0.2, 0) is 4.79 Å². The van der Waals surface area contributed by atoms with E-state index in [4.69, 9.17) is 5.11 Å². The summed E-state index contributed by atoms with van der Waals surface area (Å²) >= 11 is 0. The van der Waals surface area contributed by atoms with Gasteiger partial charge in [-0.25, -0.2) is 0 Å². The summed E-state index contributed by atoms with van der Waals surface area (Å²) in [5.41, 5.74) is 0. The lowest BCUT2D eigenvalue weighted by Gasteiger charge is -2.16. The molecule has 4 heteroatoms. The number of amides is 1. The Morgan fingerprint density at radius 2 is 2.13 bits per heavy atom. The zero-order valence-electron chi connectivity index (χ0n) is 10.1. The molecule has 2 N–H and O–H groups in total. The predicted molar refractivity (Wildman–Crippen MR) is 61.7 cm³/mol. The molecule has 0 saturated carbocycles. The minimum absolute atomic E-state index is 0.173. The summed E-state index contributed by atoms with van der Waals surface area (Å²) in [6.07, 6.45) is 3.26. The molecule has 0 aromatic heterocycles. The molecule has 90 valence electrons. The topological polar surface area (TPSA) is 52.6 Å². The predicted octanol–water partition coefficient (Wildman–Crippen LogP) is 0.605. The fraction of sp³-hybridized carbons (Fsp3) is 0.909. The van der Waals surface area contributed by atoms with Crippen molar-refractivity contribution in [2.75, 3.05) is 27.2 Å². The third-order valence-electron chi connectivity index (χ3n) is 2.47. The highest BCUT2D eigenvalue weighted by atomic mass is 16.3. The smallest absolute Gasteiger partial charge is 0.222 e. The van der Waals surface area contributed by atoms with Crippen LogP contribution in [0.25, 0.3) is 0 Å². The highest BCUT2D eigenvalue weighted by molar-refractivity contribution is 5.75. The molecular weight excluding hydrogens is 192 g/mol. The van der Waals surface area contributed by atoms with Crippen molar-refractivity contribution in [1.29, 1.82) is 0 Å². The molecule has 0 aliphatic rings. The maximum Gasteiger partial charge on any atom is 0.222 e. The zero-order valence-corrected chi connectivity index (χ0v) is 10.1. The molecule has 0 aromatic carbocycles. The van der Waals surface area contributed by atoms with Crippen LogP contribution in [0.15, 0.2) is 0 Å². The summed E-state index contributed by atoms with van der Waals surface area (Å²) in [4.78, 5) is 12.9. The average Bonchev–Trinajstić information content (AvgIpc) is 2.22. The van der Waals surface area contributed by atoms with Crippen molar-refractivity contribution in [3.63, 3.8) is 0 Å². The SMILES string of the molecule is CCC(CCO)NCCCC(=O)N(C)C. The monoisotopic (exact) mass is 216 g/mol. The first-order valence-electron chi connectivity index (χ1n) is 5.66. The Bertz CT molecular complexity index is 172. The number of hydrogen-bond donors (Lipinski definition) is 2. The molecule has 0 aliphatic carbocycles. The standard InChI is InChI=1S/C11H24N2O2/c1-4-10(7-9-14)12-8-5-6-11(15)13(2)3/h10,12,14H,4-9H2,1-3H3. The fourth-order valence-electron chi connectivity index (χ4n) is 1.38. The lowest BCUT2D eigenvalue weighted by atomic mass is 10.1. The first kappa shape index (κ1) is 14.4. The van der Waals surface area contributed by atoms with Gasteiger partial charge >= 0.3 is 0 Å². The number of carbonyl (C=O) groups is 1. The van der Waals surface area contributed by atoms with Crippen molar-refractivity contribution in [3.8, 4) is 0 Å². The van der Waals surface area contributed by atoms with Gasteiger partial charge in [0.05, 0.1) is 0 Å². The van der Waals surface area contributed by atoms with E-state index in [1.54, 1.807) is 19.0 Å². The average molecular weight is 216 g/mol. The van der Waals surface area contributed by atoms with Crippen LogP contribution in [-0.4, -0.2) is 49.2 Å². The number of hydrogen-bond acceptors (Lipinski definition) is 3. The summed E-state index contributed by atoms with van der Waals surface area (Å²) < 4.78 is 0. The van der Waals surface area contributed by atoms with E-state index in [1.807, 2.05) is 0 Å². The number of carbonyl (C=O) groups excluding carboxylic acids is 1. The van der Waals surface area contributed by atoms with Gasteiger partial charge < -0.3 is 15.3 Å². The number of aliphatic hydroxyl groups excluding tert-OH is 1. The van der Waals surface area contributed by atoms with Crippen LogP contribution in [0.2, 0.25) is 0 Å². The fourth-order valence-corrected chi connectivity index (χ4v) is 1.38. The maximum atomic E-state index is 11.2. The van der Waals surface area contributed by atoms with Gasteiger partial charge in [-0.3, -0.25) is 4.79 Å². The molecule has 0 spiro atoms. The summed E-state index contributed by atoms with van der Waals surface area (Å²) in [5, 5.41) is 12.1. The summed E-state index contributed by atoms with van der Waals surface area (Å²) in [5.74, 6) is 0.173. The number of aliphatic hydroxyl groups is 1. The highest BCUT2D eigenvalue weighted by Crippen LogP contribution is 1.98. The molecule has 1 atom stereocenters. The van der Waals surface area contributed by atoms with E-state index < -0.39 is 0 Å². The maximum absolute atomic E-state index is 11.2. The van der Waals surface area contributed by atoms with E-state index in [-0.39, 0.29) is 12.5 Å². The minimum Gasteiger partial charge on any atom is -0.396 e. The Balaban J connectivity index is 3.47. The Morgan fingerprint density at radius 1 is 1.47 bits per heavy atom. The molecule has 0 heterocycles. The number of nitrogens with one attached hydrogen (secondary N) is 1. The molecule has 1 unspecified atom stereocenters. The van der Waals surface area contributed by atoms with Crippen molar-refractivity contribution in [2.24, 2.45) is 0 Å². The molecule has 0 rings (SSSR count). The lowest BCUT2D eigenvalue weighted by Crippen LogP contribution is -2.31. The molecule has 0 aromatic rings. The largest absolute Gasteiger partial charge is 0.396 e. The van der Waals surface area contributed by atoms with Gasteiger partial charge in [0.2, 0.25) is 5.91 Å². The van der Waals surface area contributed by atoms with Crippen molar-refractivity contribution in [1.82, 2.24) is 10.2 Å². The molecule has 1 amide bonds. The van der Waals surface area contributed by atoms with Crippen molar-refractivity contribution < 1.29 is 9.90 Å². The summed E-state index contributed by atoms with van der Waals surface area (Å²) in [6.45, 7) is 3.17. The van der Waals surface area contributed by atoms with E-state index in [1.165, 1.54) is 0 Å². The van der Waals surface area contributed by atoms with E-state index in [0.29, 0.717) is 12.5 Å². The van der Waals surface area contributed by atoms with Gasteiger partial charge in [-0.05, 0) is 25.8 Å². The van der Waals surface area contributed by atoms with Crippen LogP contribution in [0.4, 0.5) is 0 Å². The van der Waals surface area contributed by atoms with Gasteiger partial charge in [-0.1, -0.05) is 6.92 Å². The second-order valence-electron chi connectivity index (χ2n) is 3.96. The van der Waals surface area contributed by atoms with Crippen molar-refractivity contribution >= 4 is 5.91 Å². The first-order chi connectivity index (χ1) is 7.11. The van der Waals surface area contributed by atoms with Crippen LogP contribution in [0.1, 0.15) is 32.6 Å². The minimum atomic E-state index is 0.173. The van der Waals surface area contributed by atoms with Gasteiger partial charge in [0, 0.05) is 33.2 Å². The molecular formula is C11H24N2O2. The van der Waals surface area contributed by atoms with E-state index >= 15 is 0 Å². The second kappa shape index (κ2) is 8.68. The van der Waals surface area contributed by atoms with Gasteiger partial charge in [-0.15, -0.1) is 0 Å². The number of rotatable bonds is 8. The third kappa shape index (κ3) is 7.33.